The van der Waals surface area contributed by atoms with Crippen LogP contribution in [0.25, 0.3) is 22.0 Å². The summed E-state index contributed by atoms with van der Waals surface area (Å²) in [7, 11) is 0. The minimum Gasteiger partial charge on any atom is -0.494 e. The summed E-state index contributed by atoms with van der Waals surface area (Å²) in [5.41, 5.74) is 3.88. The van der Waals surface area contributed by atoms with Gasteiger partial charge in [-0.05, 0) is 36.2 Å². The SMILES string of the molecule is CCOc1cc(-c2ccc(N3CCN(C(=O)Cc4ccccc4)CC3)nc2)c2cncnc2c1. The predicted molar refractivity (Wildman–Crippen MR) is 133 cm³/mol. The molecule has 0 unspecified atom stereocenters. The van der Waals surface area contributed by atoms with Crippen molar-refractivity contribution in [3.8, 4) is 16.9 Å². The van der Waals surface area contributed by atoms with Crippen LogP contribution in [0.2, 0.25) is 0 Å². The van der Waals surface area contributed by atoms with Gasteiger partial charge in [-0.1, -0.05) is 30.3 Å². The van der Waals surface area contributed by atoms with E-state index < -0.39 is 0 Å². The maximum absolute atomic E-state index is 12.7. The summed E-state index contributed by atoms with van der Waals surface area (Å²) >= 11 is 0. The highest BCUT2D eigenvalue weighted by Gasteiger charge is 2.22. The third-order valence-electron chi connectivity index (χ3n) is 6.12. The highest BCUT2D eigenvalue weighted by Crippen LogP contribution is 2.32. The average molecular weight is 454 g/mol. The fourth-order valence-electron chi connectivity index (χ4n) is 4.35. The fraction of sp³-hybridized carbons (Fsp3) is 0.259. The Bertz CT molecular complexity index is 1270. The molecule has 0 spiro atoms. The van der Waals surface area contributed by atoms with Gasteiger partial charge in [-0.15, -0.1) is 0 Å². The summed E-state index contributed by atoms with van der Waals surface area (Å²) in [6.45, 7) is 5.50. The molecule has 0 saturated carbocycles. The summed E-state index contributed by atoms with van der Waals surface area (Å²) < 4.78 is 5.74. The monoisotopic (exact) mass is 453 g/mol. The molecule has 1 aliphatic rings. The third kappa shape index (κ3) is 4.69. The van der Waals surface area contributed by atoms with E-state index in [1.54, 1.807) is 6.33 Å². The van der Waals surface area contributed by atoms with Crippen LogP contribution in [0, 0.1) is 0 Å². The number of anilines is 1. The zero-order valence-corrected chi connectivity index (χ0v) is 19.2. The molecule has 7 nitrogen and oxygen atoms in total. The third-order valence-corrected chi connectivity index (χ3v) is 6.12. The maximum Gasteiger partial charge on any atom is 0.227 e. The first-order chi connectivity index (χ1) is 16.7. The van der Waals surface area contributed by atoms with Gasteiger partial charge >= 0.3 is 0 Å². The lowest BCUT2D eigenvalue weighted by Gasteiger charge is -2.35. The number of amides is 1. The topological polar surface area (TPSA) is 71.5 Å². The summed E-state index contributed by atoms with van der Waals surface area (Å²) in [4.78, 5) is 30.2. The lowest BCUT2D eigenvalue weighted by atomic mass is 10.0. The number of carbonyl (C=O) groups excluding carboxylic acids is 1. The second-order valence-electron chi connectivity index (χ2n) is 8.29. The largest absolute Gasteiger partial charge is 0.494 e. The Hall–Kier alpha value is -4.00. The van der Waals surface area contributed by atoms with Crippen molar-refractivity contribution >= 4 is 22.6 Å². The van der Waals surface area contributed by atoms with Crippen molar-refractivity contribution in [2.75, 3.05) is 37.7 Å². The molecule has 34 heavy (non-hydrogen) atoms. The van der Waals surface area contributed by atoms with Gasteiger partial charge in [-0.3, -0.25) is 4.79 Å². The molecule has 3 heterocycles. The van der Waals surface area contributed by atoms with Crippen LogP contribution in [0.5, 0.6) is 5.75 Å². The van der Waals surface area contributed by atoms with Gasteiger partial charge in [0.15, 0.2) is 0 Å². The predicted octanol–water partition coefficient (Wildman–Crippen LogP) is 3.98. The van der Waals surface area contributed by atoms with E-state index in [0.29, 0.717) is 26.1 Å². The van der Waals surface area contributed by atoms with Gasteiger partial charge < -0.3 is 14.5 Å². The van der Waals surface area contributed by atoms with E-state index in [4.69, 9.17) is 9.72 Å². The Morgan fingerprint density at radius 1 is 0.971 bits per heavy atom. The van der Waals surface area contributed by atoms with Crippen molar-refractivity contribution in [2.45, 2.75) is 13.3 Å². The molecule has 2 aromatic heterocycles. The van der Waals surface area contributed by atoms with Crippen LogP contribution in [0.4, 0.5) is 5.82 Å². The van der Waals surface area contributed by atoms with Crippen LogP contribution in [0.15, 0.2) is 73.3 Å². The number of hydrogen-bond acceptors (Lipinski definition) is 6. The molecule has 0 bridgehead atoms. The van der Waals surface area contributed by atoms with E-state index in [0.717, 1.165) is 52.3 Å². The molecule has 0 N–H and O–H groups in total. The number of hydrogen-bond donors (Lipinski definition) is 0. The van der Waals surface area contributed by atoms with Gasteiger partial charge in [0.05, 0.1) is 18.5 Å². The molecule has 1 aliphatic heterocycles. The Morgan fingerprint density at radius 3 is 2.53 bits per heavy atom. The zero-order chi connectivity index (χ0) is 23.3. The van der Waals surface area contributed by atoms with Crippen LogP contribution in [0.1, 0.15) is 12.5 Å². The normalized spacial score (nSPS) is 13.8. The molecule has 0 aliphatic carbocycles. The molecule has 1 fully saturated rings. The molecule has 0 atom stereocenters. The first kappa shape index (κ1) is 21.8. The highest BCUT2D eigenvalue weighted by molar-refractivity contribution is 5.95. The van der Waals surface area contributed by atoms with Crippen LogP contribution >= 0.6 is 0 Å². The molecule has 2 aromatic carbocycles. The zero-order valence-electron chi connectivity index (χ0n) is 19.2. The fourth-order valence-corrected chi connectivity index (χ4v) is 4.35. The number of benzene rings is 2. The molecule has 4 aromatic rings. The second-order valence-corrected chi connectivity index (χ2v) is 8.29. The van der Waals surface area contributed by atoms with E-state index >= 15 is 0 Å². The van der Waals surface area contributed by atoms with Gasteiger partial charge in [0.2, 0.25) is 5.91 Å². The summed E-state index contributed by atoms with van der Waals surface area (Å²) in [6, 6.07) is 18.0. The van der Waals surface area contributed by atoms with Crippen LogP contribution in [-0.4, -0.2) is 58.5 Å². The van der Waals surface area contributed by atoms with Gasteiger partial charge in [-0.25, -0.2) is 15.0 Å². The Balaban J connectivity index is 1.28. The second kappa shape index (κ2) is 9.87. The van der Waals surface area contributed by atoms with Gasteiger partial charge in [0.25, 0.3) is 0 Å². The summed E-state index contributed by atoms with van der Waals surface area (Å²) in [6.07, 6.45) is 5.71. The van der Waals surface area contributed by atoms with E-state index in [9.17, 15) is 4.79 Å². The molecule has 1 amide bonds. The Morgan fingerprint density at radius 2 is 1.79 bits per heavy atom. The summed E-state index contributed by atoms with van der Waals surface area (Å²) in [5.74, 6) is 1.88. The minimum absolute atomic E-state index is 0.178. The van der Waals surface area contributed by atoms with Crippen LogP contribution in [0.3, 0.4) is 0 Å². The molecule has 172 valence electrons. The number of fused-ring (bicyclic) bond motifs is 1. The summed E-state index contributed by atoms with van der Waals surface area (Å²) in [5, 5.41) is 0.964. The van der Waals surface area contributed by atoms with Crippen molar-refractivity contribution in [2.24, 2.45) is 0 Å². The number of pyridine rings is 1. The van der Waals surface area contributed by atoms with E-state index in [1.807, 2.05) is 72.7 Å². The van der Waals surface area contributed by atoms with Crippen molar-refractivity contribution in [3.05, 3.63) is 78.9 Å². The van der Waals surface area contributed by atoms with E-state index in [2.05, 4.69) is 20.9 Å². The Labute approximate surface area is 199 Å². The standard InChI is InChI=1S/C27H27N5O2/c1-2-34-22-15-23(24-18-28-19-30-25(24)16-22)21-8-9-26(29-17-21)31-10-12-32(13-11-31)27(33)14-20-6-4-3-5-7-20/h3-9,15-19H,2,10-14H2,1H3. The van der Waals surface area contributed by atoms with E-state index in [-0.39, 0.29) is 5.91 Å². The van der Waals surface area contributed by atoms with Crippen molar-refractivity contribution in [3.63, 3.8) is 0 Å². The maximum atomic E-state index is 12.7. The highest BCUT2D eigenvalue weighted by atomic mass is 16.5. The first-order valence-electron chi connectivity index (χ1n) is 11.6. The quantitative estimate of drug-likeness (QED) is 0.440. The lowest BCUT2D eigenvalue weighted by molar-refractivity contribution is -0.130. The Kier molecular flexibility index (Phi) is 6.33. The number of rotatable bonds is 6. The van der Waals surface area contributed by atoms with Crippen molar-refractivity contribution in [1.82, 2.24) is 19.9 Å². The molecule has 1 saturated heterocycles. The number of carbonyl (C=O) groups is 1. The van der Waals surface area contributed by atoms with Gasteiger partial charge in [0.1, 0.15) is 17.9 Å². The molecular formula is C27H27N5O2. The van der Waals surface area contributed by atoms with E-state index in [1.165, 1.54) is 0 Å². The van der Waals surface area contributed by atoms with Gasteiger partial charge in [-0.2, -0.15) is 0 Å². The van der Waals surface area contributed by atoms with Crippen LogP contribution in [-0.2, 0) is 11.2 Å². The molecule has 0 radical (unpaired) electrons. The number of ether oxygens (including phenoxy) is 1. The molecule has 7 heteroatoms. The number of piperazine rings is 1. The van der Waals surface area contributed by atoms with Crippen LogP contribution < -0.4 is 9.64 Å². The minimum atomic E-state index is 0.178. The van der Waals surface area contributed by atoms with Crippen molar-refractivity contribution in [1.29, 1.82) is 0 Å². The molecular weight excluding hydrogens is 426 g/mol. The van der Waals surface area contributed by atoms with Gasteiger partial charge in [0, 0.05) is 55.6 Å². The smallest absolute Gasteiger partial charge is 0.227 e. The first-order valence-corrected chi connectivity index (χ1v) is 11.6. The lowest BCUT2D eigenvalue weighted by Crippen LogP contribution is -2.49. The molecule has 5 rings (SSSR count). The average Bonchev–Trinajstić information content (AvgIpc) is 2.89. The number of aromatic nitrogens is 3. The number of nitrogens with zero attached hydrogens (tertiary/aromatic N) is 5. The van der Waals surface area contributed by atoms with Crippen molar-refractivity contribution < 1.29 is 9.53 Å².